The molecule has 7 heteroatoms. The first-order chi connectivity index (χ1) is 6.81. The highest BCUT2D eigenvalue weighted by molar-refractivity contribution is 5.87. The van der Waals surface area contributed by atoms with Gasteiger partial charge in [-0.15, -0.1) is 0 Å². The lowest BCUT2D eigenvalue weighted by atomic mass is 10.1. The summed E-state index contributed by atoms with van der Waals surface area (Å²) in [6.07, 6.45) is 2.18. The SMILES string of the molecule is CNC(=O)C(C)(C)N=C/C=C(\N)[N+](=O)[O-]. The number of nitrogens with one attached hydrogen (secondary N) is 1. The summed E-state index contributed by atoms with van der Waals surface area (Å²) < 4.78 is 0. The molecule has 0 aliphatic carbocycles. The van der Waals surface area contributed by atoms with Crippen LogP contribution in [0.2, 0.25) is 0 Å². The summed E-state index contributed by atoms with van der Waals surface area (Å²) in [7, 11) is 1.49. The van der Waals surface area contributed by atoms with E-state index in [0.717, 1.165) is 12.3 Å². The van der Waals surface area contributed by atoms with E-state index in [1.54, 1.807) is 13.8 Å². The van der Waals surface area contributed by atoms with Gasteiger partial charge in [0, 0.05) is 19.3 Å². The monoisotopic (exact) mass is 214 g/mol. The second-order valence-electron chi connectivity index (χ2n) is 3.26. The van der Waals surface area contributed by atoms with Crippen molar-refractivity contribution >= 4 is 12.1 Å². The van der Waals surface area contributed by atoms with Crippen LogP contribution in [-0.2, 0) is 4.79 Å². The van der Waals surface area contributed by atoms with Crippen LogP contribution in [0.4, 0.5) is 0 Å². The number of amides is 1. The molecule has 0 aromatic carbocycles. The first kappa shape index (κ1) is 13.1. The number of carbonyl (C=O) groups is 1. The van der Waals surface area contributed by atoms with Gasteiger partial charge in [-0.25, -0.2) is 0 Å². The van der Waals surface area contributed by atoms with Crippen molar-refractivity contribution in [3.05, 3.63) is 22.0 Å². The Kier molecular flexibility index (Phi) is 4.43. The van der Waals surface area contributed by atoms with Crippen molar-refractivity contribution in [3.63, 3.8) is 0 Å². The number of nitrogens with zero attached hydrogens (tertiary/aromatic N) is 2. The van der Waals surface area contributed by atoms with Crippen LogP contribution in [-0.4, -0.2) is 29.6 Å². The molecule has 0 aromatic heterocycles. The van der Waals surface area contributed by atoms with E-state index in [2.05, 4.69) is 10.3 Å². The summed E-state index contributed by atoms with van der Waals surface area (Å²) in [6, 6.07) is 0. The van der Waals surface area contributed by atoms with Gasteiger partial charge in [-0.3, -0.25) is 15.5 Å². The number of allylic oxidation sites excluding steroid dienone is 1. The van der Waals surface area contributed by atoms with Gasteiger partial charge in [0.1, 0.15) is 5.54 Å². The normalized spacial score (nSPS) is 12.9. The largest absolute Gasteiger partial charge is 0.358 e. The standard InChI is InChI=1S/C8H14N4O3/c1-8(2,7(13)10-3)11-5-4-6(9)12(14)15/h4-5H,9H2,1-3H3,(H,10,13)/b6-4+,11-5?. The van der Waals surface area contributed by atoms with Gasteiger partial charge in [0.05, 0.1) is 0 Å². The van der Waals surface area contributed by atoms with E-state index in [-0.39, 0.29) is 5.91 Å². The van der Waals surface area contributed by atoms with E-state index in [9.17, 15) is 14.9 Å². The summed E-state index contributed by atoms with van der Waals surface area (Å²) >= 11 is 0. The zero-order valence-corrected chi connectivity index (χ0v) is 8.85. The molecule has 7 nitrogen and oxygen atoms in total. The van der Waals surface area contributed by atoms with Crippen LogP contribution >= 0.6 is 0 Å². The molecule has 0 aliphatic heterocycles. The Labute approximate surface area is 87.2 Å². The van der Waals surface area contributed by atoms with Gasteiger partial charge in [-0.2, -0.15) is 0 Å². The van der Waals surface area contributed by atoms with Crippen molar-refractivity contribution in [1.29, 1.82) is 0 Å². The van der Waals surface area contributed by atoms with Gasteiger partial charge in [-0.1, -0.05) is 0 Å². The topological polar surface area (TPSA) is 111 Å². The zero-order chi connectivity index (χ0) is 12.1. The highest BCUT2D eigenvalue weighted by Crippen LogP contribution is 2.07. The number of likely N-dealkylation sites (N-methyl/N-ethyl adjacent to an activating group) is 1. The van der Waals surface area contributed by atoms with Crippen molar-refractivity contribution < 1.29 is 9.72 Å². The molecule has 0 aromatic rings. The fourth-order valence-electron chi connectivity index (χ4n) is 0.725. The van der Waals surface area contributed by atoms with Gasteiger partial charge in [0.25, 0.3) is 0 Å². The molecule has 15 heavy (non-hydrogen) atoms. The third-order valence-electron chi connectivity index (χ3n) is 1.64. The molecule has 0 atom stereocenters. The molecule has 0 aliphatic rings. The van der Waals surface area contributed by atoms with Crippen molar-refractivity contribution in [2.75, 3.05) is 7.05 Å². The highest BCUT2D eigenvalue weighted by atomic mass is 16.6. The fraction of sp³-hybridized carbons (Fsp3) is 0.500. The van der Waals surface area contributed by atoms with Gasteiger partial charge < -0.3 is 15.4 Å². The Bertz CT molecular complexity index is 320. The molecule has 0 spiro atoms. The molecule has 0 unspecified atom stereocenters. The number of hydrogen-bond donors (Lipinski definition) is 2. The third kappa shape index (κ3) is 4.21. The van der Waals surface area contributed by atoms with E-state index in [1.807, 2.05) is 0 Å². The maximum absolute atomic E-state index is 11.2. The van der Waals surface area contributed by atoms with Crippen molar-refractivity contribution in [3.8, 4) is 0 Å². The first-order valence-electron chi connectivity index (χ1n) is 4.19. The van der Waals surface area contributed by atoms with Gasteiger partial charge >= 0.3 is 5.82 Å². The molecule has 84 valence electrons. The van der Waals surface area contributed by atoms with Crippen LogP contribution in [0.15, 0.2) is 16.9 Å². The Hall–Kier alpha value is -1.92. The molecule has 0 heterocycles. The maximum atomic E-state index is 11.2. The summed E-state index contributed by atoms with van der Waals surface area (Å²) in [6.45, 7) is 3.16. The molecular weight excluding hydrogens is 200 g/mol. The van der Waals surface area contributed by atoms with Gasteiger partial charge in [0.2, 0.25) is 5.91 Å². The molecule has 1 amide bonds. The van der Waals surface area contributed by atoms with E-state index in [4.69, 9.17) is 5.73 Å². The van der Waals surface area contributed by atoms with Crippen molar-refractivity contribution in [2.24, 2.45) is 10.7 Å². The highest BCUT2D eigenvalue weighted by Gasteiger charge is 2.24. The van der Waals surface area contributed by atoms with E-state index in [0.29, 0.717) is 0 Å². The molecule has 0 bridgehead atoms. The number of rotatable bonds is 4. The maximum Gasteiger partial charge on any atom is 0.315 e. The number of aliphatic imine (C=N–C) groups is 1. The average molecular weight is 214 g/mol. The van der Waals surface area contributed by atoms with Crippen LogP contribution < -0.4 is 11.1 Å². The number of hydrogen-bond acceptors (Lipinski definition) is 5. The summed E-state index contributed by atoms with van der Waals surface area (Å²) in [5, 5.41) is 12.5. The van der Waals surface area contributed by atoms with Gasteiger partial charge in [0.15, 0.2) is 0 Å². The fourth-order valence-corrected chi connectivity index (χ4v) is 0.725. The van der Waals surface area contributed by atoms with Crippen LogP contribution in [0.5, 0.6) is 0 Å². The summed E-state index contributed by atoms with van der Waals surface area (Å²) in [5.74, 6) is -0.807. The molecule has 0 radical (unpaired) electrons. The van der Waals surface area contributed by atoms with E-state index >= 15 is 0 Å². The van der Waals surface area contributed by atoms with Crippen molar-refractivity contribution in [2.45, 2.75) is 19.4 Å². The predicted molar refractivity (Wildman–Crippen MR) is 55.9 cm³/mol. The second-order valence-corrected chi connectivity index (χ2v) is 3.26. The van der Waals surface area contributed by atoms with Gasteiger partial charge in [-0.05, 0) is 18.8 Å². The quantitative estimate of drug-likeness (QED) is 0.378. The smallest absolute Gasteiger partial charge is 0.315 e. The minimum atomic E-state index is -0.970. The molecule has 0 fully saturated rings. The Balaban J connectivity index is 4.60. The van der Waals surface area contributed by atoms with E-state index in [1.165, 1.54) is 7.05 Å². The number of carbonyl (C=O) groups excluding carboxylic acids is 1. The second kappa shape index (κ2) is 5.08. The summed E-state index contributed by atoms with van der Waals surface area (Å²) in [4.78, 5) is 24.5. The lowest BCUT2D eigenvalue weighted by Crippen LogP contribution is -2.38. The Morgan fingerprint density at radius 2 is 2.13 bits per heavy atom. The van der Waals surface area contributed by atoms with Crippen LogP contribution in [0, 0.1) is 10.1 Å². The number of nitro groups is 1. The van der Waals surface area contributed by atoms with Crippen LogP contribution in [0.3, 0.4) is 0 Å². The molecular formula is C8H14N4O3. The predicted octanol–water partition coefficient (Wildman–Crippen LogP) is -0.341. The minimum absolute atomic E-state index is 0.285. The molecule has 0 saturated heterocycles. The van der Waals surface area contributed by atoms with Crippen molar-refractivity contribution in [1.82, 2.24) is 5.32 Å². The number of nitrogens with two attached hydrogens (primary N) is 1. The van der Waals surface area contributed by atoms with Crippen LogP contribution in [0.25, 0.3) is 0 Å². The van der Waals surface area contributed by atoms with E-state index < -0.39 is 16.3 Å². The lowest BCUT2D eigenvalue weighted by molar-refractivity contribution is -0.426. The molecule has 0 rings (SSSR count). The molecule has 0 saturated carbocycles. The Morgan fingerprint density at radius 1 is 1.60 bits per heavy atom. The molecule has 3 N–H and O–H groups in total. The first-order valence-corrected chi connectivity index (χ1v) is 4.19. The lowest BCUT2D eigenvalue weighted by Gasteiger charge is -2.16. The third-order valence-corrected chi connectivity index (χ3v) is 1.64. The van der Waals surface area contributed by atoms with Crippen LogP contribution in [0.1, 0.15) is 13.8 Å². The summed E-state index contributed by atoms with van der Waals surface area (Å²) in [5.41, 5.74) is 4.05. The Morgan fingerprint density at radius 3 is 2.53 bits per heavy atom. The zero-order valence-electron chi connectivity index (χ0n) is 8.85. The minimum Gasteiger partial charge on any atom is -0.358 e. The average Bonchev–Trinajstić information content (AvgIpc) is 2.15.